The van der Waals surface area contributed by atoms with Crippen molar-refractivity contribution in [1.82, 2.24) is 0 Å². The van der Waals surface area contributed by atoms with Gasteiger partial charge >= 0.3 is 0 Å². The predicted octanol–water partition coefficient (Wildman–Crippen LogP) is 8.81. The number of hydrogen-bond donors (Lipinski definition) is 0. The lowest BCUT2D eigenvalue weighted by Gasteiger charge is -2.23. The molecule has 0 unspecified atom stereocenters. The van der Waals surface area contributed by atoms with E-state index in [0.717, 1.165) is 45.3 Å². The number of anilines is 4. The van der Waals surface area contributed by atoms with Gasteiger partial charge in [-0.3, -0.25) is 0 Å². The molecule has 0 N–H and O–H groups in total. The maximum atomic E-state index is 5.02. The molecule has 0 heterocycles. The van der Waals surface area contributed by atoms with E-state index < -0.39 is 0 Å². The molecule has 0 aromatic heterocycles. The summed E-state index contributed by atoms with van der Waals surface area (Å²) >= 11 is 0. The van der Waals surface area contributed by atoms with Crippen molar-refractivity contribution >= 4 is 34.2 Å². The molecule has 0 amide bonds. The SMILES string of the molecule is C/C(=N\N(c1ccccc1)c1ccc(N(/N=C(\C)c2ccccc2)c2ccccc2)cc1)c1ccccc1. The molecule has 0 spiro atoms. The van der Waals surface area contributed by atoms with Crippen molar-refractivity contribution < 1.29 is 0 Å². The zero-order chi connectivity index (χ0) is 26.2. The van der Waals surface area contributed by atoms with Crippen LogP contribution in [-0.4, -0.2) is 11.4 Å². The van der Waals surface area contributed by atoms with Crippen LogP contribution in [0.2, 0.25) is 0 Å². The summed E-state index contributed by atoms with van der Waals surface area (Å²) in [5.41, 5.74) is 7.97. The largest absolute Gasteiger partial charge is 0.234 e. The Morgan fingerprint density at radius 1 is 0.368 bits per heavy atom. The fourth-order valence-electron chi connectivity index (χ4n) is 4.18. The molecule has 0 saturated carbocycles. The van der Waals surface area contributed by atoms with Gasteiger partial charge in [0, 0.05) is 0 Å². The summed E-state index contributed by atoms with van der Waals surface area (Å²) in [6.45, 7) is 4.08. The van der Waals surface area contributed by atoms with E-state index in [2.05, 4.69) is 72.8 Å². The molecule has 4 heteroatoms. The van der Waals surface area contributed by atoms with Gasteiger partial charge in [0.25, 0.3) is 0 Å². The van der Waals surface area contributed by atoms with Crippen LogP contribution in [-0.2, 0) is 0 Å². The third-order valence-corrected chi connectivity index (χ3v) is 6.22. The first-order chi connectivity index (χ1) is 18.7. The Balaban J connectivity index is 1.53. The van der Waals surface area contributed by atoms with E-state index in [4.69, 9.17) is 10.2 Å². The Morgan fingerprint density at radius 3 is 0.947 bits per heavy atom. The number of benzene rings is 5. The second kappa shape index (κ2) is 11.8. The van der Waals surface area contributed by atoms with Crippen LogP contribution in [0.25, 0.3) is 0 Å². The first kappa shape index (κ1) is 24.7. The Morgan fingerprint density at radius 2 is 0.632 bits per heavy atom. The smallest absolute Gasteiger partial charge is 0.0655 e. The fourth-order valence-corrected chi connectivity index (χ4v) is 4.18. The van der Waals surface area contributed by atoms with E-state index in [1.54, 1.807) is 0 Å². The summed E-state index contributed by atoms with van der Waals surface area (Å²) in [7, 11) is 0. The van der Waals surface area contributed by atoms with E-state index in [-0.39, 0.29) is 0 Å². The molecule has 0 atom stereocenters. The molecule has 0 fully saturated rings. The van der Waals surface area contributed by atoms with Gasteiger partial charge in [-0.25, -0.2) is 10.0 Å². The van der Waals surface area contributed by atoms with Gasteiger partial charge in [0.15, 0.2) is 0 Å². The molecule has 38 heavy (non-hydrogen) atoms. The minimum atomic E-state index is 0.938. The van der Waals surface area contributed by atoms with Gasteiger partial charge in [-0.1, -0.05) is 97.1 Å². The normalized spacial score (nSPS) is 11.7. The average Bonchev–Trinajstić information content (AvgIpc) is 3.00. The molecule has 5 rings (SSSR count). The Kier molecular flexibility index (Phi) is 7.71. The van der Waals surface area contributed by atoms with E-state index in [9.17, 15) is 0 Å². The highest BCUT2D eigenvalue weighted by Crippen LogP contribution is 2.31. The molecule has 0 bridgehead atoms. The van der Waals surface area contributed by atoms with Crippen LogP contribution in [0.3, 0.4) is 0 Å². The predicted molar refractivity (Wildman–Crippen MR) is 161 cm³/mol. The van der Waals surface area contributed by atoms with Gasteiger partial charge in [0.1, 0.15) is 0 Å². The lowest BCUT2D eigenvalue weighted by atomic mass is 10.1. The van der Waals surface area contributed by atoms with Crippen LogP contribution >= 0.6 is 0 Å². The van der Waals surface area contributed by atoms with Gasteiger partial charge in [-0.05, 0) is 73.5 Å². The zero-order valence-corrected chi connectivity index (χ0v) is 21.6. The minimum Gasteiger partial charge on any atom is -0.234 e. The first-order valence-electron chi connectivity index (χ1n) is 12.7. The summed E-state index contributed by atoms with van der Waals surface area (Å²) in [5.74, 6) is 0. The fraction of sp³-hybridized carbons (Fsp3) is 0.0588. The van der Waals surface area contributed by atoms with Crippen LogP contribution in [0.4, 0.5) is 22.7 Å². The molecule has 0 saturated heterocycles. The number of para-hydroxylation sites is 2. The number of hydrogen-bond acceptors (Lipinski definition) is 4. The minimum absolute atomic E-state index is 0.938. The summed E-state index contributed by atoms with van der Waals surface area (Å²) < 4.78 is 0. The molecule has 0 aliphatic heterocycles. The third-order valence-electron chi connectivity index (χ3n) is 6.22. The van der Waals surface area contributed by atoms with Crippen LogP contribution in [0.1, 0.15) is 25.0 Å². The van der Waals surface area contributed by atoms with Gasteiger partial charge in [0.05, 0.1) is 34.2 Å². The molecular weight excluding hydrogens is 464 g/mol. The molecule has 5 aromatic carbocycles. The monoisotopic (exact) mass is 494 g/mol. The van der Waals surface area contributed by atoms with E-state index >= 15 is 0 Å². The molecule has 186 valence electrons. The summed E-state index contributed by atoms with van der Waals surface area (Å²) in [6.07, 6.45) is 0. The number of hydrazone groups is 2. The van der Waals surface area contributed by atoms with Crippen LogP contribution in [0.5, 0.6) is 0 Å². The summed E-state index contributed by atoms with van der Waals surface area (Å²) in [5, 5.41) is 14.0. The van der Waals surface area contributed by atoms with Crippen molar-refractivity contribution in [2.75, 3.05) is 10.0 Å². The molecule has 4 nitrogen and oxygen atoms in total. The Labute approximate surface area is 224 Å². The van der Waals surface area contributed by atoms with Crippen LogP contribution < -0.4 is 10.0 Å². The summed E-state index contributed by atoms with van der Waals surface area (Å²) in [6, 6.07) is 49.3. The lowest BCUT2D eigenvalue weighted by molar-refractivity contribution is 1.06. The van der Waals surface area contributed by atoms with E-state index in [1.165, 1.54) is 0 Å². The van der Waals surface area contributed by atoms with Crippen molar-refractivity contribution in [3.05, 3.63) is 157 Å². The summed E-state index contributed by atoms with van der Waals surface area (Å²) in [4.78, 5) is 0. The molecule has 0 radical (unpaired) electrons. The Bertz CT molecular complexity index is 1380. The Hall–Kier alpha value is -4.96. The standard InChI is InChI=1S/C34H30N4/c1-27(29-15-7-3-8-16-29)35-37(31-19-11-5-12-20-31)33-23-25-34(26-24-33)38(32-21-13-6-14-22-32)36-28(2)30-17-9-4-10-18-30/h3-26H,1-2H3/b35-27+,36-28+. The van der Waals surface area contributed by atoms with Crippen molar-refractivity contribution in [3.8, 4) is 0 Å². The average molecular weight is 495 g/mol. The highest BCUT2D eigenvalue weighted by Gasteiger charge is 2.13. The van der Waals surface area contributed by atoms with Crippen LogP contribution in [0.15, 0.2) is 156 Å². The van der Waals surface area contributed by atoms with E-state index in [1.807, 2.05) is 96.7 Å². The van der Waals surface area contributed by atoms with Gasteiger partial charge in [0.2, 0.25) is 0 Å². The zero-order valence-electron chi connectivity index (χ0n) is 21.6. The molecule has 0 aliphatic rings. The van der Waals surface area contributed by atoms with Crippen molar-refractivity contribution in [2.45, 2.75) is 13.8 Å². The topological polar surface area (TPSA) is 31.2 Å². The van der Waals surface area contributed by atoms with Gasteiger partial charge in [-0.2, -0.15) is 10.2 Å². The van der Waals surface area contributed by atoms with Crippen LogP contribution in [0, 0.1) is 0 Å². The van der Waals surface area contributed by atoms with Gasteiger partial charge < -0.3 is 0 Å². The highest BCUT2D eigenvalue weighted by atomic mass is 15.5. The van der Waals surface area contributed by atoms with Crippen molar-refractivity contribution in [1.29, 1.82) is 0 Å². The third kappa shape index (κ3) is 5.88. The number of rotatable bonds is 8. The second-order valence-corrected chi connectivity index (χ2v) is 8.91. The molecular formula is C34H30N4. The van der Waals surface area contributed by atoms with Crippen molar-refractivity contribution in [2.24, 2.45) is 10.2 Å². The van der Waals surface area contributed by atoms with Crippen molar-refractivity contribution in [3.63, 3.8) is 0 Å². The quantitative estimate of drug-likeness (QED) is 0.159. The highest BCUT2D eigenvalue weighted by molar-refractivity contribution is 6.00. The maximum Gasteiger partial charge on any atom is 0.0655 e. The number of nitrogens with zero attached hydrogens (tertiary/aromatic N) is 4. The maximum absolute atomic E-state index is 5.02. The lowest BCUT2D eigenvalue weighted by Crippen LogP contribution is -2.14. The van der Waals surface area contributed by atoms with Gasteiger partial charge in [-0.15, -0.1) is 0 Å². The second-order valence-electron chi connectivity index (χ2n) is 8.91. The first-order valence-corrected chi connectivity index (χ1v) is 12.7. The molecule has 5 aromatic rings. The van der Waals surface area contributed by atoms with E-state index in [0.29, 0.717) is 0 Å². The molecule has 0 aliphatic carbocycles.